The number of esters is 2. The minimum atomic E-state index is -0.136. The van der Waals surface area contributed by atoms with Crippen LogP contribution in [0.5, 0.6) is 11.5 Å². The lowest BCUT2D eigenvalue weighted by Crippen LogP contribution is -2.30. The highest BCUT2D eigenvalue weighted by Crippen LogP contribution is 2.45. The molecule has 0 bridgehead atoms. The fourth-order valence-electron chi connectivity index (χ4n) is 11.1. The molecule has 4 fully saturated rings. The second kappa shape index (κ2) is 16.4. The Morgan fingerprint density at radius 3 is 1.66 bits per heavy atom. The van der Waals surface area contributed by atoms with Crippen molar-refractivity contribution in [3.8, 4) is 11.5 Å². The van der Waals surface area contributed by atoms with Gasteiger partial charge in [-0.2, -0.15) is 0 Å². The summed E-state index contributed by atoms with van der Waals surface area (Å²) < 4.78 is 12.5. The minimum Gasteiger partial charge on any atom is -0.426 e. The quantitative estimate of drug-likeness (QED) is 0.176. The Hall–Kier alpha value is -3.60. The van der Waals surface area contributed by atoms with Gasteiger partial charge in [-0.1, -0.05) is 82.7 Å². The van der Waals surface area contributed by atoms with Crippen molar-refractivity contribution in [1.82, 2.24) is 0 Å². The van der Waals surface area contributed by atoms with Gasteiger partial charge in [0.15, 0.2) is 0 Å². The number of carbonyl (C=O) groups excluding carboxylic acids is 2. The normalized spacial score (nSPS) is 30.2. The number of hydrogen-bond donors (Lipinski definition) is 1. The van der Waals surface area contributed by atoms with Crippen molar-refractivity contribution in [3.05, 3.63) is 65.7 Å². The topological polar surface area (TPSA) is 64.6 Å². The van der Waals surface area contributed by atoms with Crippen LogP contribution in [0.3, 0.4) is 0 Å². The lowest BCUT2D eigenvalue weighted by atomic mass is 9.69. The van der Waals surface area contributed by atoms with Crippen LogP contribution in [0.1, 0.15) is 141 Å². The number of anilines is 1. The first-order valence-electron chi connectivity index (χ1n) is 21.5. The molecule has 8 rings (SSSR count). The molecule has 3 aromatic rings. The summed E-state index contributed by atoms with van der Waals surface area (Å²) in [5.41, 5.74) is 3.70. The van der Waals surface area contributed by atoms with Crippen LogP contribution in [0.4, 0.5) is 5.69 Å². The Morgan fingerprint density at radius 1 is 0.604 bits per heavy atom. The largest absolute Gasteiger partial charge is 0.426 e. The molecule has 0 unspecified atom stereocenters. The maximum absolute atomic E-state index is 13.8. The standard InChI is InChI=1S/C48H61NO4/c1-3-31-11-15-33(16-12-31)35-19-23-38(24-20-35)47(50)52-41-27-28-45(42(30-41)44-29-40-9-5-7-37-8-6-10-43(49-44)46(37)40)53-48(51)39-25-21-36(22-26-39)34-17-13-32(4-2)14-18-34/h5-10,27-36,38-39,49H,3-4,11-26H2,1-2H3. The smallest absolute Gasteiger partial charge is 0.314 e. The molecule has 0 radical (unpaired) electrons. The van der Waals surface area contributed by atoms with Crippen molar-refractivity contribution in [2.24, 2.45) is 47.3 Å². The zero-order valence-corrected chi connectivity index (χ0v) is 32.3. The summed E-state index contributed by atoms with van der Waals surface area (Å²) in [5.74, 6) is 5.60. The molecular formula is C48H61NO4. The van der Waals surface area contributed by atoms with Crippen LogP contribution in [0.25, 0.3) is 22.5 Å². The number of nitrogens with one attached hydrogen (secondary N) is 1. The zero-order valence-electron chi connectivity index (χ0n) is 32.3. The van der Waals surface area contributed by atoms with Crippen LogP contribution in [0.2, 0.25) is 0 Å². The summed E-state index contributed by atoms with van der Waals surface area (Å²) >= 11 is 0. The average Bonchev–Trinajstić information content (AvgIpc) is 3.21. The third kappa shape index (κ3) is 8.10. The zero-order chi connectivity index (χ0) is 36.3. The molecule has 0 aromatic heterocycles. The predicted molar refractivity (Wildman–Crippen MR) is 216 cm³/mol. The first-order valence-corrected chi connectivity index (χ1v) is 21.5. The predicted octanol–water partition coefficient (Wildman–Crippen LogP) is 12.6. The maximum atomic E-state index is 13.8. The number of carbonyl (C=O) groups is 2. The van der Waals surface area contributed by atoms with Crippen LogP contribution >= 0.6 is 0 Å². The van der Waals surface area contributed by atoms with Crippen LogP contribution in [-0.4, -0.2) is 11.9 Å². The van der Waals surface area contributed by atoms with Gasteiger partial charge in [-0.15, -0.1) is 0 Å². The van der Waals surface area contributed by atoms with Gasteiger partial charge in [0, 0.05) is 16.6 Å². The van der Waals surface area contributed by atoms with Gasteiger partial charge < -0.3 is 14.8 Å². The van der Waals surface area contributed by atoms with E-state index in [0.29, 0.717) is 11.5 Å². The second-order valence-electron chi connectivity index (χ2n) is 17.5. The summed E-state index contributed by atoms with van der Waals surface area (Å²) in [4.78, 5) is 27.4. The van der Waals surface area contributed by atoms with Gasteiger partial charge in [0.1, 0.15) is 11.5 Å². The molecule has 0 atom stereocenters. The van der Waals surface area contributed by atoms with Crippen molar-refractivity contribution in [3.63, 3.8) is 0 Å². The van der Waals surface area contributed by atoms with Crippen LogP contribution in [-0.2, 0) is 9.59 Å². The first-order chi connectivity index (χ1) is 25.9. The van der Waals surface area contributed by atoms with Crippen LogP contribution < -0.4 is 14.8 Å². The molecule has 0 amide bonds. The van der Waals surface area contributed by atoms with Crippen LogP contribution in [0.15, 0.2) is 54.6 Å². The summed E-state index contributed by atoms with van der Waals surface area (Å²) in [6.45, 7) is 4.66. The van der Waals surface area contributed by atoms with Crippen molar-refractivity contribution in [1.29, 1.82) is 0 Å². The van der Waals surface area contributed by atoms with Crippen LogP contribution in [0, 0.1) is 47.3 Å². The molecule has 5 nitrogen and oxygen atoms in total. The minimum absolute atomic E-state index is 0.0625. The Kier molecular flexibility index (Phi) is 11.3. The fraction of sp³-hybridized carbons (Fsp3) is 0.583. The second-order valence-corrected chi connectivity index (χ2v) is 17.5. The van der Waals surface area contributed by atoms with Crippen molar-refractivity contribution in [2.45, 2.75) is 129 Å². The Morgan fingerprint density at radius 2 is 1.11 bits per heavy atom. The summed E-state index contributed by atoms with van der Waals surface area (Å²) in [5, 5.41) is 5.99. The van der Waals surface area contributed by atoms with E-state index in [4.69, 9.17) is 9.47 Å². The van der Waals surface area contributed by atoms with E-state index >= 15 is 0 Å². The van der Waals surface area contributed by atoms with Crippen molar-refractivity contribution < 1.29 is 19.1 Å². The molecule has 53 heavy (non-hydrogen) atoms. The molecule has 0 saturated heterocycles. The number of hydrogen-bond acceptors (Lipinski definition) is 5. The van der Waals surface area contributed by atoms with E-state index in [9.17, 15) is 9.59 Å². The number of rotatable bonds is 9. The van der Waals surface area contributed by atoms with E-state index in [2.05, 4.69) is 61.6 Å². The first kappa shape index (κ1) is 36.4. The van der Waals surface area contributed by atoms with E-state index in [1.807, 2.05) is 18.2 Å². The highest BCUT2D eigenvalue weighted by molar-refractivity contribution is 6.10. The van der Waals surface area contributed by atoms with Gasteiger partial charge in [0.2, 0.25) is 0 Å². The van der Waals surface area contributed by atoms with Crippen molar-refractivity contribution >= 4 is 40.2 Å². The molecule has 5 heteroatoms. The highest BCUT2D eigenvalue weighted by atomic mass is 16.5. The van der Waals surface area contributed by atoms with Gasteiger partial charge in [-0.25, -0.2) is 0 Å². The van der Waals surface area contributed by atoms with Gasteiger partial charge in [0.05, 0.1) is 17.5 Å². The molecule has 4 aliphatic carbocycles. The Bertz CT molecular complexity index is 1770. The van der Waals surface area contributed by atoms with E-state index < -0.39 is 0 Å². The van der Waals surface area contributed by atoms with Crippen molar-refractivity contribution in [2.75, 3.05) is 5.32 Å². The average molecular weight is 716 g/mol. The lowest BCUT2D eigenvalue weighted by molar-refractivity contribution is -0.141. The molecule has 5 aliphatic rings. The SMILES string of the molecule is CCC1CCC(C2CCC(C(=O)Oc3ccc(OC(=O)C4CCC(C5CCC(CC)CC5)CC4)c(C4=Cc5cccc6cccc(c56)N4)c3)CC2)CC1. The summed E-state index contributed by atoms with van der Waals surface area (Å²) in [6, 6.07) is 18.2. The lowest BCUT2D eigenvalue weighted by Gasteiger charge is -2.37. The Labute approximate surface area is 317 Å². The molecule has 0 spiro atoms. The third-order valence-electron chi connectivity index (χ3n) is 14.7. The van der Waals surface area contributed by atoms with E-state index in [1.54, 1.807) is 0 Å². The van der Waals surface area contributed by atoms with E-state index in [0.717, 1.165) is 109 Å². The molecule has 3 aromatic carbocycles. The number of ether oxygens (including phenoxy) is 2. The summed E-state index contributed by atoms with van der Waals surface area (Å²) in [6.07, 6.45) is 23.8. The van der Waals surface area contributed by atoms with E-state index in [1.165, 1.54) is 75.0 Å². The molecule has 1 N–H and O–H groups in total. The highest BCUT2D eigenvalue weighted by Gasteiger charge is 2.35. The number of benzene rings is 3. The monoisotopic (exact) mass is 715 g/mol. The summed E-state index contributed by atoms with van der Waals surface area (Å²) in [7, 11) is 0. The Balaban J connectivity index is 0.960. The van der Waals surface area contributed by atoms with Gasteiger partial charge in [0.25, 0.3) is 0 Å². The fourth-order valence-corrected chi connectivity index (χ4v) is 11.1. The molecule has 1 aliphatic heterocycles. The van der Waals surface area contributed by atoms with E-state index in [-0.39, 0.29) is 23.8 Å². The van der Waals surface area contributed by atoms with Gasteiger partial charge in [-0.05, 0) is 154 Å². The van der Waals surface area contributed by atoms with Gasteiger partial charge in [-0.3, -0.25) is 9.59 Å². The molecule has 4 saturated carbocycles. The molecule has 1 heterocycles. The maximum Gasteiger partial charge on any atom is 0.314 e. The van der Waals surface area contributed by atoms with Gasteiger partial charge >= 0.3 is 11.9 Å². The third-order valence-corrected chi connectivity index (χ3v) is 14.7. The molecule has 282 valence electrons. The molecular weight excluding hydrogens is 655 g/mol.